The molecule has 0 aliphatic carbocycles. The van der Waals surface area contributed by atoms with Crippen molar-refractivity contribution in [3.63, 3.8) is 0 Å². The first-order chi connectivity index (χ1) is 7.75. The van der Waals surface area contributed by atoms with E-state index in [-0.39, 0.29) is 13.2 Å². The molecule has 0 saturated carbocycles. The lowest BCUT2D eigenvalue weighted by atomic mass is 10.4. The maximum Gasteiger partial charge on any atom is 0.311 e. The third kappa shape index (κ3) is 4.16. The maximum atomic E-state index is 11.5. The van der Waals surface area contributed by atoms with E-state index in [0.717, 1.165) is 12.8 Å². The molecule has 0 bridgehead atoms. The van der Waals surface area contributed by atoms with Crippen molar-refractivity contribution in [2.24, 2.45) is 0 Å². The normalized spacial score (nSPS) is 15.2. The van der Waals surface area contributed by atoms with Crippen molar-refractivity contribution in [1.82, 2.24) is 10.2 Å². The molecule has 1 aliphatic heterocycles. The zero-order valence-corrected chi connectivity index (χ0v) is 9.28. The summed E-state index contributed by atoms with van der Waals surface area (Å²) < 4.78 is 4.95. The molecule has 0 aromatic carbocycles. The number of likely N-dealkylation sites (tertiary alicyclic amines) is 1. The number of hydrogen-bond acceptors (Lipinski definition) is 4. The highest BCUT2D eigenvalue weighted by Crippen LogP contribution is 2.06. The van der Waals surface area contributed by atoms with Crippen LogP contribution in [-0.4, -0.2) is 61.3 Å². The summed E-state index contributed by atoms with van der Waals surface area (Å²) in [6.45, 7) is 2.15. The summed E-state index contributed by atoms with van der Waals surface area (Å²) in [6.07, 6.45) is 1.94. The first-order valence-corrected chi connectivity index (χ1v) is 5.51. The molecule has 92 valence electrons. The fourth-order valence-corrected chi connectivity index (χ4v) is 1.54. The van der Waals surface area contributed by atoms with Crippen molar-refractivity contribution in [2.75, 3.05) is 39.5 Å². The van der Waals surface area contributed by atoms with E-state index in [1.807, 2.05) is 0 Å². The van der Waals surface area contributed by atoms with E-state index in [0.29, 0.717) is 26.2 Å². The number of carbonyl (C=O) groups is 2. The smallest absolute Gasteiger partial charge is 0.311 e. The van der Waals surface area contributed by atoms with Crippen LogP contribution in [0.4, 0.5) is 0 Å². The zero-order chi connectivity index (χ0) is 11.8. The molecule has 2 amide bonds. The number of amides is 2. The van der Waals surface area contributed by atoms with E-state index in [2.05, 4.69) is 5.32 Å². The Balaban J connectivity index is 2.11. The Kier molecular flexibility index (Phi) is 5.81. The highest BCUT2D eigenvalue weighted by Gasteiger charge is 2.23. The van der Waals surface area contributed by atoms with E-state index >= 15 is 0 Å². The third-order valence-electron chi connectivity index (χ3n) is 2.36. The summed E-state index contributed by atoms with van der Waals surface area (Å²) in [4.78, 5) is 24.4. The Hall–Kier alpha value is -1.14. The summed E-state index contributed by atoms with van der Waals surface area (Å²) >= 11 is 0. The number of ether oxygens (including phenoxy) is 1. The molecule has 6 heteroatoms. The zero-order valence-electron chi connectivity index (χ0n) is 9.28. The second kappa shape index (κ2) is 7.19. The molecule has 0 unspecified atom stereocenters. The van der Waals surface area contributed by atoms with Gasteiger partial charge in [-0.05, 0) is 12.8 Å². The number of aliphatic hydroxyl groups is 1. The van der Waals surface area contributed by atoms with Gasteiger partial charge in [0.2, 0.25) is 0 Å². The van der Waals surface area contributed by atoms with Crippen molar-refractivity contribution in [1.29, 1.82) is 0 Å². The van der Waals surface area contributed by atoms with E-state index < -0.39 is 11.8 Å². The van der Waals surface area contributed by atoms with E-state index in [4.69, 9.17) is 9.84 Å². The first kappa shape index (κ1) is 12.9. The van der Waals surface area contributed by atoms with Crippen LogP contribution in [0.5, 0.6) is 0 Å². The Bertz CT molecular complexity index is 239. The van der Waals surface area contributed by atoms with Gasteiger partial charge in [-0.15, -0.1) is 0 Å². The number of nitrogens with zero attached hydrogens (tertiary/aromatic N) is 1. The SMILES string of the molecule is O=C(NCCOCCO)C(=O)N1CCCC1. The molecule has 1 aliphatic rings. The van der Waals surface area contributed by atoms with Crippen molar-refractivity contribution in [3.8, 4) is 0 Å². The maximum absolute atomic E-state index is 11.5. The number of hydrogen-bond donors (Lipinski definition) is 2. The molecule has 1 heterocycles. The minimum Gasteiger partial charge on any atom is -0.394 e. The minimum atomic E-state index is -0.575. The van der Waals surface area contributed by atoms with Gasteiger partial charge in [0, 0.05) is 19.6 Å². The van der Waals surface area contributed by atoms with Crippen molar-refractivity contribution in [3.05, 3.63) is 0 Å². The van der Waals surface area contributed by atoms with Crippen LogP contribution in [0.1, 0.15) is 12.8 Å². The van der Waals surface area contributed by atoms with Gasteiger partial charge in [-0.1, -0.05) is 0 Å². The Morgan fingerprint density at radius 1 is 1.25 bits per heavy atom. The first-order valence-electron chi connectivity index (χ1n) is 5.51. The van der Waals surface area contributed by atoms with Crippen molar-refractivity contribution in [2.45, 2.75) is 12.8 Å². The average molecular weight is 230 g/mol. The number of rotatable bonds is 5. The van der Waals surface area contributed by atoms with Crippen LogP contribution in [0.25, 0.3) is 0 Å². The summed E-state index contributed by atoms with van der Waals surface area (Å²) in [6, 6.07) is 0. The molecule has 16 heavy (non-hydrogen) atoms. The quantitative estimate of drug-likeness (QED) is 0.456. The van der Waals surface area contributed by atoms with Gasteiger partial charge in [0.1, 0.15) is 0 Å². The molecule has 0 spiro atoms. The molecule has 0 radical (unpaired) electrons. The van der Waals surface area contributed by atoms with Crippen LogP contribution in [0, 0.1) is 0 Å². The molecule has 1 saturated heterocycles. The molecular weight excluding hydrogens is 212 g/mol. The number of carbonyl (C=O) groups excluding carboxylic acids is 2. The average Bonchev–Trinajstić information content (AvgIpc) is 2.81. The fraction of sp³-hybridized carbons (Fsp3) is 0.800. The fourth-order valence-electron chi connectivity index (χ4n) is 1.54. The Labute approximate surface area is 94.6 Å². The summed E-state index contributed by atoms with van der Waals surface area (Å²) in [5.41, 5.74) is 0. The molecule has 1 fully saturated rings. The van der Waals surface area contributed by atoms with Gasteiger partial charge < -0.3 is 20.1 Å². The molecule has 6 nitrogen and oxygen atoms in total. The minimum absolute atomic E-state index is 0.0410. The van der Waals surface area contributed by atoms with Crippen molar-refractivity contribution >= 4 is 11.8 Å². The second-order valence-corrected chi connectivity index (χ2v) is 3.59. The lowest BCUT2D eigenvalue weighted by Gasteiger charge is -2.14. The predicted molar refractivity (Wildman–Crippen MR) is 56.7 cm³/mol. The van der Waals surface area contributed by atoms with E-state index in [1.165, 1.54) is 0 Å². The van der Waals surface area contributed by atoms with E-state index in [9.17, 15) is 9.59 Å². The topological polar surface area (TPSA) is 78.9 Å². The molecule has 1 rings (SSSR count). The van der Waals surface area contributed by atoms with Crippen LogP contribution in [0.3, 0.4) is 0 Å². The lowest BCUT2D eigenvalue weighted by molar-refractivity contribution is -0.145. The highest BCUT2D eigenvalue weighted by atomic mass is 16.5. The summed E-state index contributed by atoms with van der Waals surface area (Å²) in [5, 5.41) is 10.9. The van der Waals surface area contributed by atoms with Crippen LogP contribution < -0.4 is 5.32 Å². The van der Waals surface area contributed by atoms with Gasteiger partial charge in [0.05, 0.1) is 19.8 Å². The third-order valence-corrected chi connectivity index (χ3v) is 2.36. The van der Waals surface area contributed by atoms with Gasteiger partial charge in [0.25, 0.3) is 0 Å². The summed E-state index contributed by atoms with van der Waals surface area (Å²) in [7, 11) is 0. The Morgan fingerprint density at radius 2 is 1.94 bits per heavy atom. The lowest BCUT2D eigenvalue weighted by Crippen LogP contribution is -2.42. The van der Waals surface area contributed by atoms with Gasteiger partial charge >= 0.3 is 11.8 Å². The summed E-state index contributed by atoms with van der Waals surface area (Å²) in [5.74, 6) is -1.03. The van der Waals surface area contributed by atoms with E-state index in [1.54, 1.807) is 4.90 Å². The molecule has 0 aromatic rings. The van der Waals surface area contributed by atoms with Gasteiger partial charge in [-0.25, -0.2) is 0 Å². The van der Waals surface area contributed by atoms with Crippen molar-refractivity contribution < 1.29 is 19.4 Å². The second-order valence-electron chi connectivity index (χ2n) is 3.59. The largest absolute Gasteiger partial charge is 0.394 e. The molecule has 0 aromatic heterocycles. The van der Waals surface area contributed by atoms with Crippen LogP contribution >= 0.6 is 0 Å². The van der Waals surface area contributed by atoms with Gasteiger partial charge in [0.15, 0.2) is 0 Å². The monoisotopic (exact) mass is 230 g/mol. The van der Waals surface area contributed by atoms with Crippen LogP contribution in [-0.2, 0) is 14.3 Å². The Morgan fingerprint density at radius 3 is 2.56 bits per heavy atom. The molecule has 0 atom stereocenters. The molecular formula is C10H18N2O4. The predicted octanol–water partition coefficient (Wildman–Crippen LogP) is -1.27. The molecule has 2 N–H and O–H groups in total. The van der Waals surface area contributed by atoms with Gasteiger partial charge in [-0.2, -0.15) is 0 Å². The van der Waals surface area contributed by atoms with Crippen LogP contribution in [0.15, 0.2) is 0 Å². The highest BCUT2D eigenvalue weighted by molar-refractivity contribution is 6.35. The standard InChI is InChI=1S/C10H18N2O4/c13-6-8-16-7-3-11-9(14)10(15)12-4-1-2-5-12/h13H,1-8H2,(H,11,14). The number of nitrogens with one attached hydrogen (secondary N) is 1. The van der Waals surface area contributed by atoms with Gasteiger partial charge in [-0.3, -0.25) is 9.59 Å². The van der Waals surface area contributed by atoms with Crippen LogP contribution in [0.2, 0.25) is 0 Å². The number of aliphatic hydroxyl groups excluding tert-OH is 1.